The van der Waals surface area contributed by atoms with Crippen molar-refractivity contribution in [2.24, 2.45) is 0 Å². The molecule has 0 bridgehead atoms. The van der Waals surface area contributed by atoms with Gasteiger partial charge in [0.15, 0.2) is 0 Å². The van der Waals surface area contributed by atoms with Crippen molar-refractivity contribution >= 4 is 0 Å². The molecule has 1 fully saturated rings. The molecule has 0 aliphatic carbocycles. The normalized spacial score (nSPS) is 16.9. The first kappa shape index (κ1) is 13.2. The van der Waals surface area contributed by atoms with Crippen molar-refractivity contribution in [3.05, 3.63) is 35.5 Å². The quantitative estimate of drug-likeness (QED) is 0.927. The lowest BCUT2D eigenvalue weighted by Crippen LogP contribution is -2.58. The second-order valence-electron chi connectivity index (χ2n) is 5.32. The van der Waals surface area contributed by atoms with Crippen LogP contribution in [0.15, 0.2) is 22.7 Å². The van der Waals surface area contributed by atoms with Gasteiger partial charge in [0, 0.05) is 18.7 Å². The van der Waals surface area contributed by atoms with Gasteiger partial charge in [-0.2, -0.15) is 4.98 Å². The average molecular weight is 277 g/mol. The van der Waals surface area contributed by atoms with Crippen LogP contribution in [0.1, 0.15) is 18.4 Å². The SMILES string of the molecule is Cc1cc(-c2noc(COC3(C)CNC3)n2)ccc1F. The van der Waals surface area contributed by atoms with Crippen molar-refractivity contribution in [2.45, 2.75) is 26.1 Å². The van der Waals surface area contributed by atoms with E-state index < -0.39 is 0 Å². The zero-order chi connectivity index (χ0) is 14.2. The monoisotopic (exact) mass is 277 g/mol. The van der Waals surface area contributed by atoms with Crippen LogP contribution in [0.25, 0.3) is 11.4 Å². The van der Waals surface area contributed by atoms with E-state index in [0.717, 1.165) is 18.7 Å². The molecule has 5 nitrogen and oxygen atoms in total. The molecule has 0 unspecified atom stereocenters. The highest BCUT2D eigenvalue weighted by molar-refractivity contribution is 5.55. The van der Waals surface area contributed by atoms with Gasteiger partial charge in [0.25, 0.3) is 5.89 Å². The maximum Gasteiger partial charge on any atom is 0.252 e. The first-order valence-corrected chi connectivity index (χ1v) is 6.50. The van der Waals surface area contributed by atoms with Crippen LogP contribution in [0.4, 0.5) is 4.39 Å². The van der Waals surface area contributed by atoms with Crippen molar-refractivity contribution in [3.8, 4) is 11.4 Å². The minimum Gasteiger partial charge on any atom is -0.363 e. The van der Waals surface area contributed by atoms with E-state index in [4.69, 9.17) is 9.26 Å². The van der Waals surface area contributed by atoms with Crippen LogP contribution >= 0.6 is 0 Å². The van der Waals surface area contributed by atoms with Gasteiger partial charge >= 0.3 is 0 Å². The largest absolute Gasteiger partial charge is 0.363 e. The van der Waals surface area contributed by atoms with Gasteiger partial charge in [-0.1, -0.05) is 5.16 Å². The lowest BCUT2D eigenvalue weighted by atomic mass is 10.0. The fraction of sp³-hybridized carbons (Fsp3) is 0.429. The molecule has 106 valence electrons. The van der Waals surface area contributed by atoms with Crippen LogP contribution in [-0.4, -0.2) is 28.8 Å². The number of halogens is 1. The van der Waals surface area contributed by atoms with Crippen molar-refractivity contribution in [2.75, 3.05) is 13.1 Å². The van der Waals surface area contributed by atoms with Gasteiger partial charge in [-0.3, -0.25) is 0 Å². The summed E-state index contributed by atoms with van der Waals surface area (Å²) in [4.78, 5) is 4.27. The third-order valence-corrected chi connectivity index (χ3v) is 3.43. The second kappa shape index (κ2) is 4.96. The van der Waals surface area contributed by atoms with Gasteiger partial charge < -0.3 is 14.6 Å². The molecule has 0 atom stereocenters. The van der Waals surface area contributed by atoms with Gasteiger partial charge in [-0.25, -0.2) is 4.39 Å². The number of hydrogen-bond acceptors (Lipinski definition) is 5. The number of hydrogen-bond donors (Lipinski definition) is 1. The minimum absolute atomic E-state index is 0.152. The van der Waals surface area contributed by atoms with Crippen LogP contribution in [0.5, 0.6) is 0 Å². The lowest BCUT2D eigenvalue weighted by molar-refractivity contribution is -0.0841. The Balaban J connectivity index is 1.71. The molecule has 1 N–H and O–H groups in total. The molecular weight excluding hydrogens is 261 g/mol. The van der Waals surface area contributed by atoms with E-state index in [2.05, 4.69) is 15.5 Å². The molecule has 3 rings (SSSR count). The third kappa shape index (κ3) is 2.57. The van der Waals surface area contributed by atoms with E-state index in [-0.39, 0.29) is 18.0 Å². The number of rotatable bonds is 4. The maximum absolute atomic E-state index is 13.2. The summed E-state index contributed by atoms with van der Waals surface area (Å²) in [5.41, 5.74) is 1.13. The molecule has 2 heterocycles. The summed E-state index contributed by atoms with van der Waals surface area (Å²) in [6.45, 7) is 5.67. The van der Waals surface area contributed by atoms with E-state index in [1.807, 2.05) is 6.92 Å². The molecule has 6 heteroatoms. The molecule has 0 amide bonds. The average Bonchev–Trinajstić information content (AvgIpc) is 2.86. The fourth-order valence-corrected chi connectivity index (χ4v) is 2.03. The van der Waals surface area contributed by atoms with E-state index in [1.54, 1.807) is 19.1 Å². The smallest absolute Gasteiger partial charge is 0.252 e. The zero-order valence-corrected chi connectivity index (χ0v) is 11.4. The highest BCUT2D eigenvalue weighted by atomic mass is 19.1. The molecule has 1 aromatic carbocycles. The predicted octanol–water partition coefficient (Wildman–Crippen LogP) is 2.06. The molecule has 0 saturated carbocycles. The topological polar surface area (TPSA) is 60.2 Å². The van der Waals surface area contributed by atoms with Crippen molar-refractivity contribution < 1.29 is 13.7 Å². The summed E-state index contributed by atoms with van der Waals surface area (Å²) in [7, 11) is 0. The maximum atomic E-state index is 13.2. The Morgan fingerprint density at radius 2 is 2.25 bits per heavy atom. The van der Waals surface area contributed by atoms with Gasteiger partial charge in [0.1, 0.15) is 12.4 Å². The zero-order valence-electron chi connectivity index (χ0n) is 11.4. The number of nitrogens with one attached hydrogen (secondary N) is 1. The lowest BCUT2D eigenvalue weighted by Gasteiger charge is -2.38. The van der Waals surface area contributed by atoms with Crippen LogP contribution in [0, 0.1) is 12.7 Å². The van der Waals surface area contributed by atoms with E-state index >= 15 is 0 Å². The standard InChI is InChI=1S/C14H16FN3O2/c1-9-5-10(3-4-11(9)15)13-17-12(20-18-13)6-19-14(2)7-16-8-14/h3-5,16H,6-8H2,1-2H3. The van der Waals surface area contributed by atoms with Gasteiger partial charge in [0.05, 0.1) is 5.60 Å². The molecule has 1 aliphatic rings. The second-order valence-corrected chi connectivity index (χ2v) is 5.32. The van der Waals surface area contributed by atoms with Gasteiger partial charge in [-0.05, 0) is 37.6 Å². The fourth-order valence-electron chi connectivity index (χ4n) is 2.03. The Morgan fingerprint density at radius 1 is 1.45 bits per heavy atom. The van der Waals surface area contributed by atoms with Crippen molar-refractivity contribution in [1.82, 2.24) is 15.5 Å². The van der Waals surface area contributed by atoms with Crippen LogP contribution in [0.2, 0.25) is 0 Å². The summed E-state index contributed by atoms with van der Waals surface area (Å²) in [6, 6.07) is 4.73. The van der Waals surface area contributed by atoms with Gasteiger partial charge in [0.2, 0.25) is 5.82 Å². The molecule has 1 aliphatic heterocycles. The van der Waals surface area contributed by atoms with Crippen molar-refractivity contribution in [1.29, 1.82) is 0 Å². The van der Waals surface area contributed by atoms with Crippen LogP contribution in [0.3, 0.4) is 0 Å². The number of aromatic nitrogens is 2. The van der Waals surface area contributed by atoms with E-state index in [0.29, 0.717) is 17.3 Å². The minimum atomic E-state index is -0.244. The number of aryl methyl sites for hydroxylation is 1. The molecular formula is C14H16FN3O2. The predicted molar refractivity (Wildman–Crippen MR) is 70.5 cm³/mol. The van der Waals surface area contributed by atoms with Crippen molar-refractivity contribution in [3.63, 3.8) is 0 Å². The Hall–Kier alpha value is -1.79. The van der Waals surface area contributed by atoms with E-state index in [9.17, 15) is 4.39 Å². The summed E-state index contributed by atoms with van der Waals surface area (Å²) >= 11 is 0. The molecule has 20 heavy (non-hydrogen) atoms. The summed E-state index contributed by atoms with van der Waals surface area (Å²) < 4.78 is 24.1. The number of ether oxygens (including phenoxy) is 1. The molecule has 1 saturated heterocycles. The Labute approximate surface area is 116 Å². The van der Waals surface area contributed by atoms with Gasteiger partial charge in [-0.15, -0.1) is 0 Å². The number of nitrogens with zero attached hydrogens (tertiary/aromatic N) is 2. The summed E-state index contributed by atoms with van der Waals surface area (Å²) in [5, 5.41) is 7.05. The summed E-state index contributed by atoms with van der Waals surface area (Å²) in [5.74, 6) is 0.630. The van der Waals surface area contributed by atoms with Crippen LogP contribution < -0.4 is 5.32 Å². The Bertz CT molecular complexity index is 623. The first-order valence-electron chi connectivity index (χ1n) is 6.50. The van der Waals surface area contributed by atoms with E-state index in [1.165, 1.54) is 6.07 Å². The third-order valence-electron chi connectivity index (χ3n) is 3.43. The Kier molecular flexibility index (Phi) is 3.27. The van der Waals surface area contributed by atoms with Crippen LogP contribution in [-0.2, 0) is 11.3 Å². The molecule has 0 spiro atoms. The molecule has 2 aromatic rings. The summed E-state index contributed by atoms with van der Waals surface area (Å²) in [6.07, 6.45) is 0. The molecule has 0 radical (unpaired) electrons. The Morgan fingerprint density at radius 3 is 2.90 bits per heavy atom. The highest BCUT2D eigenvalue weighted by Gasteiger charge is 2.33. The number of benzene rings is 1. The molecule has 1 aromatic heterocycles. The highest BCUT2D eigenvalue weighted by Crippen LogP contribution is 2.21. The first-order chi connectivity index (χ1) is 9.56.